The Bertz CT molecular complexity index is 1440. The zero-order chi connectivity index (χ0) is 27.0. The maximum atomic E-state index is 13.0. The molecule has 0 atom stereocenters. The number of morpholine rings is 1. The van der Waals surface area contributed by atoms with Crippen LogP contribution in [-0.2, 0) is 16.1 Å². The third-order valence-electron chi connectivity index (χ3n) is 6.24. The van der Waals surface area contributed by atoms with Gasteiger partial charge in [-0.05, 0) is 48.9 Å². The van der Waals surface area contributed by atoms with Crippen molar-refractivity contribution in [3.63, 3.8) is 0 Å². The summed E-state index contributed by atoms with van der Waals surface area (Å²) in [5, 5.41) is 15.3. The molecule has 1 aromatic heterocycles. The maximum absolute atomic E-state index is 13.0. The van der Waals surface area contributed by atoms with Gasteiger partial charge in [-0.25, -0.2) is 0 Å². The highest BCUT2D eigenvalue weighted by Crippen LogP contribution is 2.24. The van der Waals surface area contributed by atoms with E-state index in [0.717, 1.165) is 30.2 Å². The molecule has 1 saturated heterocycles. The summed E-state index contributed by atoms with van der Waals surface area (Å²) in [6.45, 7) is 5.68. The minimum absolute atomic E-state index is 0.107. The molecule has 39 heavy (non-hydrogen) atoms. The molecule has 5 rings (SSSR count). The number of para-hydroxylation sites is 2. The number of carbonyl (C=O) groups is 2. The summed E-state index contributed by atoms with van der Waals surface area (Å²) in [5.74, 6) is 0.383. The lowest BCUT2D eigenvalue weighted by Gasteiger charge is -2.26. The molecule has 3 aromatic carbocycles. The summed E-state index contributed by atoms with van der Waals surface area (Å²) >= 11 is 1.30. The second kappa shape index (κ2) is 12.7. The lowest BCUT2D eigenvalue weighted by molar-refractivity contribution is -0.113. The molecule has 0 spiro atoms. The number of ether oxygens (including phenoxy) is 1. The molecule has 0 aliphatic carbocycles. The number of thioether (sulfide) groups is 1. The van der Waals surface area contributed by atoms with Gasteiger partial charge < -0.3 is 15.4 Å². The lowest BCUT2D eigenvalue weighted by atomic mass is 10.1. The van der Waals surface area contributed by atoms with Crippen LogP contribution in [0.4, 0.5) is 11.4 Å². The fraction of sp³-hybridized carbons (Fsp3) is 0.241. The number of hydrogen-bond acceptors (Lipinski definition) is 7. The van der Waals surface area contributed by atoms with Gasteiger partial charge in [-0.3, -0.25) is 19.1 Å². The van der Waals surface area contributed by atoms with Gasteiger partial charge in [0.25, 0.3) is 5.91 Å². The largest absolute Gasteiger partial charge is 0.379 e. The molecule has 2 amide bonds. The SMILES string of the molecule is Cc1cccc(NC(=O)c2ccccc2NC(=O)CSc2nnc(CN3CCOCC3)n2-c2ccccc2)c1. The highest BCUT2D eigenvalue weighted by atomic mass is 32.2. The zero-order valence-electron chi connectivity index (χ0n) is 21.7. The van der Waals surface area contributed by atoms with Crippen molar-refractivity contribution in [3.05, 3.63) is 95.8 Å². The molecular formula is C29H30N6O3S. The molecule has 1 fully saturated rings. The van der Waals surface area contributed by atoms with Crippen LogP contribution in [0.15, 0.2) is 84.0 Å². The van der Waals surface area contributed by atoms with Crippen molar-refractivity contribution in [1.82, 2.24) is 19.7 Å². The van der Waals surface area contributed by atoms with Gasteiger partial charge >= 0.3 is 0 Å². The minimum atomic E-state index is -0.291. The topological polar surface area (TPSA) is 101 Å². The zero-order valence-corrected chi connectivity index (χ0v) is 22.5. The van der Waals surface area contributed by atoms with Crippen LogP contribution in [0.1, 0.15) is 21.7 Å². The van der Waals surface area contributed by atoms with E-state index in [1.807, 2.05) is 66.1 Å². The number of nitrogens with one attached hydrogen (secondary N) is 2. The molecule has 2 heterocycles. The van der Waals surface area contributed by atoms with E-state index in [1.165, 1.54) is 11.8 Å². The number of rotatable bonds is 9. The summed E-state index contributed by atoms with van der Waals surface area (Å²) in [5.41, 5.74) is 3.52. The average Bonchev–Trinajstić information content (AvgIpc) is 3.35. The van der Waals surface area contributed by atoms with E-state index in [1.54, 1.807) is 24.3 Å². The second-order valence-corrected chi connectivity index (χ2v) is 10.1. The molecule has 1 aliphatic heterocycles. The van der Waals surface area contributed by atoms with E-state index < -0.39 is 0 Å². The monoisotopic (exact) mass is 542 g/mol. The fourth-order valence-electron chi connectivity index (χ4n) is 4.32. The van der Waals surface area contributed by atoms with Gasteiger partial charge in [0.2, 0.25) is 5.91 Å². The third kappa shape index (κ3) is 6.91. The van der Waals surface area contributed by atoms with E-state index in [0.29, 0.717) is 41.9 Å². The Hall–Kier alpha value is -3.99. The summed E-state index contributed by atoms with van der Waals surface area (Å²) < 4.78 is 7.47. The average molecular weight is 543 g/mol. The molecule has 200 valence electrons. The first-order valence-electron chi connectivity index (χ1n) is 12.8. The van der Waals surface area contributed by atoms with Crippen molar-refractivity contribution in [3.8, 4) is 5.69 Å². The number of carbonyl (C=O) groups excluding carboxylic acids is 2. The minimum Gasteiger partial charge on any atom is -0.379 e. The first-order chi connectivity index (χ1) is 19.1. The lowest BCUT2D eigenvalue weighted by Crippen LogP contribution is -2.36. The normalized spacial score (nSPS) is 13.7. The van der Waals surface area contributed by atoms with Gasteiger partial charge in [-0.1, -0.05) is 54.2 Å². The highest BCUT2D eigenvalue weighted by molar-refractivity contribution is 7.99. The number of hydrogen-bond donors (Lipinski definition) is 2. The van der Waals surface area contributed by atoms with E-state index in [4.69, 9.17) is 4.74 Å². The number of aromatic nitrogens is 3. The van der Waals surface area contributed by atoms with Crippen LogP contribution in [-0.4, -0.2) is 63.5 Å². The Balaban J connectivity index is 1.28. The first kappa shape index (κ1) is 26.6. The smallest absolute Gasteiger partial charge is 0.257 e. The van der Waals surface area contributed by atoms with Gasteiger partial charge in [0, 0.05) is 24.5 Å². The van der Waals surface area contributed by atoms with Crippen molar-refractivity contribution >= 4 is 35.0 Å². The summed E-state index contributed by atoms with van der Waals surface area (Å²) in [7, 11) is 0. The number of anilines is 2. The maximum Gasteiger partial charge on any atom is 0.257 e. The molecule has 0 bridgehead atoms. The first-order valence-corrected chi connectivity index (χ1v) is 13.7. The van der Waals surface area contributed by atoms with Crippen molar-refractivity contribution in [2.75, 3.05) is 42.7 Å². The van der Waals surface area contributed by atoms with Crippen LogP contribution in [0.3, 0.4) is 0 Å². The van der Waals surface area contributed by atoms with Crippen LogP contribution in [0, 0.1) is 6.92 Å². The van der Waals surface area contributed by atoms with E-state index in [2.05, 4.69) is 25.7 Å². The Kier molecular flexibility index (Phi) is 8.67. The van der Waals surface area contributed by atoms with E-state index in [9.17, 15) is 9.59 Å². The molecule has 10 heteroatoms. The molecular weight excluding hydrogens is 512 g/mol. The Morgan fingerprint density at radius 3 is 2.49 bits per heavy atom. The molecule has 9 nitrogen and oxygen atoms in total. The van der Waals surface area contributed by atoms with Crippen molar-refractivity contribution in [2.45, 2.75) is 18.6 Å². The molecule has 0 unspecified atom stereocenters. The molecule has 0 saturated carbocycles. The summed E-state index contributed by atoms with van der Waals surface area (Å²) in [6.07, 6.45) is 0. The van der Waals surface area contributed by atoms with Crippen molar-refractivity contribution < 1.29 is 14.3 Å². The van der Waals surface area contributed by atoms with Crippen LogP contribution in [0.25, 0.3) is 5.69 Å². The number of aryl methyl sites for hydroxylation is 1. The van der Waals surface area contributed by atoms with E-state index in [-0.39, 0.29) is 17.6 Å². The summed E-state index contributed by atoms with van der Waals surface area (Å²) in [6, 6.07) is 24.4. The number of amides is 2. The van der Waals surface area contributed by atoms with Gasteiger partial charge in [0.1, 0.15) is 0 Å². The van der Waals surface area contributed by atoms with Gasteiger partial charge in [0.15, 0.2) is 11.0 Å². The predicted molar refractivity (Wildman–Crippen MR) is 152 cm³/mol. The molecule has 0 radical (unpaired) electrons. The fourth-order valence-corrected chi connectivity index (χ4v) is 5.09. The van der Waals surface area contributed by atoms with E-state index >= 15 is 0 Å². The van der Waals surface area contributed by atoms with Crippen LogP contribution in [0.5, 0.6) is 0 Å². The Labute approximate surface area is 231 Å². The highest BCUT2D eigenvalue weighted by Gasteiger charge is 2.20. The van der Waals surface area contributed by atoms with Crippen molar-refractivity contribution in [2.24, 2.45) is 0 Å². The molecule has 1 aliphatic rings. The van der Waals surface area contributed by atoms with Crippen molar-refractivity contribution in [1.29, 1.82) is 0 Å². The molecule has 4 aromatic rings. The van der Waals surface area contributed by atoms with Crippen LogP contribution in [0.2, 0.25) is 0 Å². The number of nitrogens with zero attached hydrogens (tertiary/aromatic N) is 4. The molecule has 2 N–H and O–H groups in total. The predicted octanol–water partition coefficient (Wildman–Crippen LogP) is 4.39. The van der Waals surface area contributed by atoms with Crippen LogP contribution >= 0.6 is 11.8 Å². The van der Waals surface area contributed by atoms with Gasteiger partial charge in [0.05, 0.1) is 36.8 Å². The quantitative estimate of drug-likeness (QED) is 0.303. The van der Waals surface area contributed by atoms with Crippen LogP contribution < -0.4 is 10.6 Å². The second-order valence-electron chi connectivity index (χ2n) is 9.16. The third-order valence-corrected chi connectivity index (χ3v) is 7.17. The van der Waals surface area contributed by atoms with Gasteiger partial charge in [-0.15, -0.1) is 10.2 Å². The summed E-state index contributed by atoms with van der Waals surface area (Å²) in [4.78, 5) is 28.3. The Morgan fingerprint density at radius 2 is 1.69 bits per heavy atom. The number of benzene rings is 3. The standard InChI is InChI=1S/C29H30N6O3S/c1-21-8-7-9-22(18-21)30-28(37)24-12-5-6-13-25(24)31-27(36)20-39-29-33-32-26(19-34-14-16-38-17-15-34)35(29)23-10-3-2-4-11-23/h2-13,18H,14-17,19-20H2,1H3,(H,30,37)(H,31,36). The van der Waals surface area contributed by atoms with Gasteiger partial charge in [-0.2, -0.15) is 0 Å². The Morgan fingerprint density at radius 1 is 0.923 bits per heavy atom.